The van der Waals surface area contributed by atoms with Crippen LogP contribution < -0.4 is 0 Å². The number of hydrogen-bond acceptors (Lipinski definition) is 3. The van der Waals surface area contributed by atoms with Crippen LogP contribution in [0.3, 0.4) is 0 Å². The van der Waals surface area contributed by atoms with Crippen LogP contribution in [0, 0.1) is 29.6 Å². The first-order valence-electron chi connectivity index (χ1n) is 9.18. The molecule has 122 valence electrons. The van der Waals surface area contributed by atoms with Gasteiger partial charge in [0.05, 0.1) is 6.10 Å². The molecule has 0 aromatic rings. The lowest BCUT2D eigenvalue weighted by molar-refractivity contribution is 0.0273. The molecule has 3 fully saturated rings. The minimum atomic E-state index is -0.0323. The summed E-state index contributed by atoms with van der Waals surface area (Å²) in [4.78, 5) is 2.63. The molecule has 4 unspecified atom stereocenters. The van der Waals surface area contributed by atoms with Crippen molar-refractivity contribution < 1.29 is 10.2 Å². The van der Waals surface area contributed by atoms with Crippen molar-refractivity contribution in [2.45, 2.75) is 58.0 Å². The summed E-state index contributed by atoms with van der Waals surface area (Å²) in [6.45, 7) is 6.36. The van der Waals surface area contributed by atoms with Crippen molar-refractivity contribution >= 4 is 0 Å². The van der Waals surface area contributed by atoms with E-state index in [1.54, 1.807) is 0 Å². The van der Waals surface area contributed by atoms with E-state index in [1.807, 2.05) is 0 Å². The van der Waals surface area contributed by atoms with E-state index >= 15 is 0 Å². The smallest absolute Gasteiger partial charge is 0.0540 e. The molecule has 0 aromatic carbocycles. The Kier molecular flexibility index (Phi) is 5.23. The van der Waals surface area contributed by atoms with Crippen LogP contribution >= 0.6 is 0 Å². The maximum Gasteiger partial charge on any atom is 0.0540 e. The summed E-state index contributed by atoms with van der Waals surface area (Å²) in [5.41, 5.74) is 0. The number of piperidine rings is 1. The molecule has 3 rings (SSSR count). The maximum atomic E-state index is 9.73. The van der Waals surface area contributed by atoms with Crippen molar-refractivity contribution in [3.63, 3.8) is 0 Å². The Labute approximate surface area is 129 Å². The third kappa shape index (κ3) is 3.62. The van der Waals surface area contributed by atoms with Gasteiger partial charge in [0, 0.05) is 19.7 Å². The molecule has 2 aliphatic carbocycles. The first-order chi connectivity index (χ1) is 10.2. The lowest BCUT2D eigenvalue weighted by atomic mass is 9.77. The molecule has 4 atom stereocenters. The summed E-state index contributed by atoms with van der Waals surface area (Å²) in [6, 6.07) is 0. The Bertz CT molecular complexity index is 327. The van der Waals surface area contributed by atoms with Gasteiger partial charge in [0.15, 0.2) is 0 Å². The average Bonchev–Trinajstić information content (AvgIpc) is 2.87. The van der Waals surface area contributed by atoms with Crippen molar-refractivity contribution in [1.82, 2.24) is 4.90 Å². The van der Waals surface area contributed by atoms with Crippen LogP contribution in [0.2, 0.25) is 0 Å². The van der Waals surface area contributed by atoms with E-state index in [1.165, 1.54) is 45.2 Å². The van der Waals surface area contributed by atoms with Gasteiger partial charge in [-0.15, -0.1) is 0 Å². The Morgan fingerprint density at radius 3 is 2.43 bits per heavy atom. The van der Waals surface area contributed by atoms with Gasteiger partial charge in [-0.25, -0.2) is 0 Å². The summed E-state index contributed by atoms with van der Waals surface area (Å²) in [7, 11) is 0. The molecule has 0 spiro atoms. The highest BCUT2D eigenvalue weighted by Crippen LogP contribution is 2.44. The van der Waals surface area contributed by atoms with Gasteiger partial charge in [-0.3, -0.25) is 0 Å². The van der Waals surface area contributed by atoms with E-state index in [4.69, 9.17) is 0 Å². The molecule has 3 nitrogen and oxygen atoms in total. The molecule has 1 aliphatic heterocycles. The van der Waals surface area contributed by atoms with E-state index in [0.717, 1.165) is 43.1 Å². The third-order valence-corrected chi connectivity index (χ3v) is 6.71. The Hall–Kier alpha value is -0.120. The zero-order valence-corrected chi connectivity index (χ0v) is 13.6. The summed E-state index contributed by atoms with van der Waals surface area (Å²) < 4.78 is 0. The van der Waals surface area contributed by atoms with Crippen molar-refractivity contribution in [2.24, 2.45) is 29.6 Å². The minimum Gasteiger partial charge on any atom is -0.396 e. The Morgan fingerprint density at radius 1 is 0.952 bits per heavy atom. The van der Waals surface area contributed by atoms with Crippen molar-refractivity contribution in [3.05, 3.63) is 0 Å². The average molecular weight is 295 g/mol. The highest BCUT2D eigenvalue weighted by atomic mass is 16.3. The van der Waals surface area contributed by atoms with E-state index in [-0.39, 0.29) is 6.10 Å². The van der Waals surface area contributed by atoms with Gasteiger partial charge in [-0.05, 0) is 74.7 Å². The van der Waals surface area contributed by atoms with E-state index in [9.17, 15) is 10.2 Å². The highest BCUT2D eigenvalue weighted by molar-refractivity contribution is 4.93. The van der Waals surface area contributed by atoms with Crippen LogP contribution in [0.5, 0.6) is 0 Å². The Balaban J connectivity index is 1.49. The summed E-state index contributed by atoms with van der Waals surface area (Å²) in [5.74, 6) is 3.79. The number of fused-ring (bicyclic) bond motifs is 1. The lowest BCUT2D eigenvalue weighted by Gasteiger charge is -2.42. The van der Waals surface area contributed by atoms with Gasteiger partial charge in [-0.2, -0.15) is 0 Å². The predicted octanol–water partition coefficient (Wildman–Crippen LogP) is 2.51. The Morgan fingerprint density at radius 2 is 1.71 bits per heavy atom. The quantitative estimate of drug-likeness (QED) is 0.837. The van der Waals surface area contributed by atoms with Gasteiger partial charge < -0.3 is 15.1 Å². The topological polar surface area (TPSA) is 43.7 Å². The molecule has 0 aromatic heterocycles. The molecule has 2 N–H and O–H groups in total. The normalized spacial score (nSPS) is 44.7. The molecule has 3 heteroatoms. The molecule has 2 saturated carbocycles. The minimum absolute atomic E-state index is 0.0323. The first kappa shape index (κ1) is 15.8. The SMILES string of the molecule is CC1CCC2C(CO)CN(CCC3CCC(O)CC3)CC12. The molecule has 1 heterocycles. The fourth-order valence-electron chi connectivity index (χ4n) is 5.22. The molecule has 21 heavy (non-hydrogen) atoms. The van der Waals surface area contributed by atoms with E-state index in [0.29, 0.717) is 12.5 Å². The van der Waals surface area contributed by atoms with Crippen LogP contribution in [0.1, 0.15) is 51.9 Å². The number of aliphatic hydroxyl groups excluding tert-OH is 2. The van der Waals surface area contributed by atoms with Crippen LogP contribution in [-0.2, 0) is 0 Å². The van der Waals surface area contributed by atoms with Gasteiger partial charge >= 0.3 is 0 Å². The number of hydrogen-bond donors (Lipinski definition) is 2. The third-order valence-electron chi connectivity index (χ3n) is 6.71. The number of rotatable bonds is 4. The monoisotopic (exact) mass is 295 g/mol. The number of aliphatic hydroxyl groups is 2. The molecule has 0 amide bonds. The van der Waals surface area contributed by atoms with E-state index < -0.39 is 0 Å². The zero-order valence-electron chi connectivity index (χ0n) is 13.6. The largest absolute Gasteiger partial charge is 0.396 e. The van der Waals surface area contributed by atoms with Gasteiger partial charge in [-0.1, -0.05) is 13.3 Å². The summed E-state index contributed by atoms with van der Waals surface area (Å²) in [6.07, 6.45) is 8.39. The van der Waals surface area contributed by atoms with Crippen LogP contribution in [0.15, 0.2) is 0 Å². The van der Waals surface area contributed by atoms with Crippen LogP contribution in [0.25, 0.3) is 0 Å². The second-order valence-corrected chi connectivity index (χ2v) is 8.05. The first-order valence-corrected chi connectivity index (χ1v) is 9.18. The van der Waals surface area contributed by atoms with Gasteiger partial charge in [0.25, 0.3) is 0 Å². The second kappa shape index (κ2) is 6.97. The van der Waals surface area contributed by atoms with Gasteiger partial charge in [0.2, 0.25) is 0 Å². The highest BCUT2D eigenvalue weighted by Gasteiger charge is 2.42. The fraction of sp³-hybridized carbons (Fsp3) is 1.00. The maximum absolute atomic E-state index is 9.73. The van der Waals surface area contributed by atoms with Crippen molar-refractivity contribution in [2.75, 3.05) is 26.2 Å². The fourth-order valence-corrected chi connectivity index (χ4v) is 5.22. The zero-order chi connectivity index (χ0) is 14.8. The molecular formula is C18H33NO2. The molecule has 3 aliphatic rings. The number of likely N-dealkylation sites (tertiary alicyclic amines) is 1. The van der Waals surface area contributed by atoms with Crippen molar-refractivity contribution in [3.8, 4) is 0 Å². The standard InChI is InChI=1S/C18H33NO2/c1-13-2-7-17-15(12-20)10-19(11-18(13)17)9-8-14-3-5-16(21)6-4-14/h13-18,20-21H,2-12H2,1H3. The number of nitrogens with zero attached hydrogens (tertiary/aromatic N) is 1. The van der Waals surface area contributed by atoms with Crippen LogP contribution in [0.4, 0.5) is 0 Å². The molecule has 0 radical (unpaired) electrons. The summed E-state index contributed by atoms with van der Waals surface area (Å²) >= 11 is 0. The van der Waals surface area contributed by atoms with Crippen LogP contribution in [-0.4, -0.2) is 47.5 Å². The lowest BCUT2D eigenvalue weighted by Crippen LogP contribution is -2.47. The van der Waals surface area contributed by atoms with Gasteiger partial charge in [0.1, 0.15) is 0 Å². The second-order valence-electron chi connectivity index (χ2n) is 8.05. The predicted molar refractivity (Wildman–Crippen MR) is 85.0 cm³/mol. The summed E-state index contributed by atoms with van der Waals surface area (Å²) in [5, 5.41) is 19.3. The molecule has 0 bridgehead atoms. The molecule has 1 saturated heterocycles. The van der Waals surface area contributed by atoms with E-state index in [2.05, 4.69) is 11.8 Å². The molecular weight excluding hydrogens is 262 g/mol. The van der Waals surface area contributed by atoms with Crippen molar-refractivity contribution in [1.29, 1.82) is 0 Å².